The first-order valence-electron chi connectivity index (χ1n) is 8.02. The van der Waals surface area contributed by atoms with Gasteiger partial charge in [0, 0.05) is 25.8 Å². The summed E-state index contributed by atoms with van der Waals surface area (Å²) in [4.78, 5) is 6.64. The Balaban J connectivity index is 1.42. The van der Waals surface area contributed by atoms with Gasteiger partial charge in [-0.25, -0.2) is 4.98 Å². The van der Waals surface area contributed by atoms with Gasteiger partial charge in [0.05, 0.1) is 13.2 Å². The van der Waals surface area contributed by atoms with Crippen molar-refractivity contribution in [1.82, 2.24) is 9.88 Å². The zero-order valence-corrected chi connectivity index (χ0v) is 13.0. The van der Waals surface area contributed by atoms with E-state index in [9.17, 15) is 0 Å². The topological polar surface area (TPSA) is 43.8 Å². The average molecular weight is 312 g/mol. The maximum atomic E-state index is 5.94. The molecule has 1 unspecified atom stereocenters. The normalized spacial score (nSPS) is 21.1. The van der Waals surface area contributed by atoms with Crippen LogP contribution in [0.4, 0.5) is 0 Å². The number of rotatable bonds is 3. The summed E-state index contributed by atoms with van der Waals surface area (Å²) in [6.45, 7) is 5.15. The summed E-state index contributed by atoms with van der Waals surface area (Å²) >= 11 is 0. The lowest BCUT2D eigenvalue weighted by atomic mass is 10.1. The van der Waals surface area contributed by atoms with Gasteiger partial charge in [-0.3, -0.25) is 4.90 Å². The average Bonchev–Trinajstić information content (AvgIpc) is 2.63. The number of aromatic nitrogens is 1. The summed E-state index contributed by atoms with van der Waals surface area (Å²) < 4.78 is 17.1. The van der Waals surface area contributed by atoms with Crippen LogP contribution in [0.15, 0.2) is 42.6 Å². The molecule has 23 heavy (non-hydrogen) atoms. The number of fused-ring (bicyclic) bond motifs is 1. The lowest BCUT2D eigenvalue weighted by Gasteiger charge is -2.27. The van der Waals surface area contributed by atoms with Gasteiger partial charge >= 0.3 is 0 Å². The predicted octanol–water partition coefficient (Wildman–Crippen LogP) is 2.43. The van der Waals surface area contributed by atoms with Gasteiger partial charge in [0.15, 0.2) is 11.9 Å². The summed E-state index contributed by atoms with van der Waals surface area (Å²) in [6, 6.07) is 12.3. The fourth-order valence-corrected chi connectivity index (χ4v) is 2.93. The Bertz CT molecular complexity index is 654. The van der Waals surface area contributed by atoms with E-state index in [2.05, 4.69) is 34.1 Å². The summed E-state index contributed by atoms with van der Waals surface area (Å²) in [5.74, 6) is 1.29. The number of hydrogen-bond donors (Lipinski definition) is 0. The lowest BCUT2D eigenvalue weighted by molar-refractivity contribution is 0.0342. The molecule has 120 valence electrons. The molecule has 1 saturated heterocycles. The molecule has 0 spiro atoms. The summed E-state index contributed by atoms with van der Waals surface area (Å²) in [5.41, 5.74) is 2.43. The fourth-order valence-electron chi connectivity index (χ4n) is 2.93. The zero-order chi connectivity index (χ0) is 15.5. The minimum atomic E-state index is -0.102. The van der Waals surface area contributed by atoms with Crippen molar-refractivity contribution in [2.75, 3.05) is 32.9 Å². The molecule has 0 amide bonds. The van der Waals surface area contributed by atoms with Crippen molar-refractivity contribution in [3.63, 3.8) is 0 Å². The first-order valence-corrected chi connectivity index (χ1v) is 8.02. The first kappa shape index (κ1) is 14.5. The van der Waals surface area contributed by atoms with Gasteiger partial charge in [0.2, 0.25) is 0 Å². The second-order valence-electron chi connectivity index (χ2n) is 5.85. The molecule has 0 aliphatic carbocycles. The third kappa shape index (κ3) is 3.30. The number of nitrogens with zero attached hydrogens (tertiary/aromatic N) is 2. The molecule has 1 atom stereocenters. The van der Waals surface area contributed by atoms with Crippen LogP contribution in [0.5, 0.6) is 11.6 Å². The van der Waals surface area contributed by atoms with E-state index in [1.54, 1.807) is 6.20 Å². The van der Waals surface area contributed by atoms with E-state index >= 15 is 0 Å². The van der Waals surface area contributed by atoms with Gasteiger partial charge in [-0.15, -0.1) is 0 Å². The molecule has 0 bridgehead atoms. The molecule has 1 fully saturated rings. The molecule has 0 saturated carbocycles. The van der Waals surface area contributed by atoms with Gasteiger partial charge in [0.25, 0.3) is 5.88 Å². The van der Waals surface area contributed by atoms with E-state index in [-0.39, 0.29) is 6.10 Å². The Hall–Kier alpha value is -2.11. The van der Waals surface area contributed by atoms with E-state index in [0.29, 0.717) is 18.2 Å². The molecule has 0 N–H and O–H groups in total. The molecule has 5 heteroatoms. The van der Waals surface area contributed by atoms with Gasteiger partial charge < -0.3 is 14.2 Å². The van der Waals surface area contributed by atoms with Crippen molar-refractivity contribution < 1.29 is 14.2 Å². The second-order valence-corrected chi connectivity index (χ2v) is 5.85. The van der Waals surface area contributed by atoms with Crippen LogP contribution < -0.4 is 9.47 Å². The Morgan fingerprint density at radius 3 is 2.74 bits per heavy atom. The molecule has 2 aliphatic rings. The van der Waals surface area contributed by atoms with Crippen LogP contribution >= 0.6 is 0 Å². The highest BCUT2D eigenvalue weighted by Gasteiger charge is 2.23. The molecule has 3 heterocycles. The monoisotopic (exact) mass is 312 g/mol. The van der Waals surface area contributed by atoms with Crippen LogP contribution in [0.25, 0.3) is 0 Å². The summed E-state index contributed by atoms with van der Waals surface area (Å²) in [5, 5.41) is 0. The minimum Gasteiger partial charge on any atom is -0.484 e. The van der Waals surface area contributed by atoms with E-state index in [0.717, 1.165) is 38.4 Å². The number of ether oxygens (including phenoxy) is 3. The maximum absolute atomic E-state index is 5.94. The highest BCUT2D eigenvalue weighted by molar-refractivity contribution is 5.35. The standard InChI is InChI=1S/C18H20N2O3/c1-2-16-18(19-7-1)23-17(13-22-16)15-5-3-14(4-6-15)12-20-8-10-21-11-9-20/h1-7,17H,8-13H2. The molecule has 1 aromatic carbocycles. The Labute approximate surface area is 135 Å². The molecule has 4 rings (SSSR count). The van der Waals surface area contributed by atoms with E-state index < -0.39 is 0 Å². The highest BCUT2D eigenvalue weighted by atomic mass is 16.6. The quantitative estimate of drug-likeness (QED) is 0.871. The maximum Gasteiger partial charge on any atom is 0.257 e. The predicted molar refractivity (Wildman–Crippen MR) is 85.6 cm³/mol. The van der Waals surface area contributed by atoms with Gasteiger partial charge in [-0.05, 0) is 23.3 Å². The molecule has 2 aliphatic heterocycles. The summed E-state index contributed by atoms with van der Waals surface area (Å²) in [6.07, 6.45) is 1.62. The number of hydrogen-bond acceptors (Lipinski definition) is 5. The van der Waals surface area contributed by atoms with Crippen molar-refractivity contribution in [2.45, 2.75) is 12.6 Å². The second kappa shape index (κ2) is 6.56. The first-order chi connectivity index (χ1) is 11.4. The van der Waals surface area contributed by atoms with Crippen LogP contribution in [0.2, 0.25) is 0 Å². The summed E-state index contributed by atoms with van der Waals surface area (Å²) in [7, 11) is 0. The molecular weight excluding hydrogens is 292 g/mol. The van der Waals surface area contributed by atoms with Crippen LogP contribution in [0.3, 0.4) is 0 Å². The van der Waals surface area contributed by atoms with Crippen LogP contribution in [-0.2, 0) is 11.3 Å². The number of morpholine rings is 1. The van der Waals surface area contributed by atoms with Crippen molar-refractivity contribution in [3.05, 3.63) is 53.7 Å². The van der Waals surface area contributed by atoms with E-state index in [4.69, 9.17) is 14.2 Å². The van der Waals surface area contributed by atoms with Gasteiger partial charge in [0.1, 0.15) is 6.61 Å². The molecule has 1 aromatic heterocycles. The van der Waals surface area contributed by atoms with Crippen molar-refractivity contribution in [3.8, 4) is 11.6 Å². The third-order valence-electron chi connectivity index (χ3n) is 4.24. The lowest BCUT2D eigenvalue weighted by Crippen LogP contribution is -2.35. The van der Waals surface area contributed by atoms with E-state index in [1.165, 1.54) is 5.56 Å². The van der Waals surface area contributed by atoms with Crippen molar-refractivity contribution >= 4 is 0 Å². The fraction of sp³-hybridized carbons (Fsp3) is 0.389. The minimum absolute atomic E-state index is 0.102. The number of benzene rings is 1. The third-order valence-corrected chi connectivity index (χ3v) is 4.24. The zero-order valence-electron chi connectivity index (χ0n) is 13.0. The number of pyridine rings is 1. The Morgan fingerprint density at radius 1 is 1.09 bits per heavy atom. The smallest absolute Gasteiger partial charge is 0.257 e. The van der Waals surface area contributed by atoms with Crippen LogP contribution in [-0.4, -0.2) is 42.8 Å². The Kier molecular flexibility index (Phi) is 4.13. The molecule has 2 aromatic rings. The Morgan fingerprint density at radius 2 is 1.91 bits per heavy atom. The van der Waals surface area contributed by atoms with Gasteiger partial charge in [-0.2, -0.15) is 0 Å². The van der Waals surface area contributed by atoms with Gasteiger partial charge in [-0.1, -0.05) is 24.3 Å². The molecule has 0 radical (unpaired) electrons. The highest BCUT2D eigenvalue weighted by Crippen LogP contribution is 2.33. The van der Waals surface area contributed by atoms with Crippen LogP contribution in [0.1, 0.15) is 17.2 Å². The van der Waals surface area contributed by atoms with Crippen molar-refractivity contribution in [1.29, 1.82) is 0 Å². The molecular formula is C18H20N2O3. The SMILES string of the molecule is c1cnc2c(c1)OCC(c1ccc(CN3CCOCC3)cc1)O2. The molecule has 5 nitrogen and oxygen atoms in total. The van der Waals surface area contributed by atoms with Crippen LogP contribution in [0, 0.1) is 0 Å². The van der Waals surface area contributed by atoms with E-state index in [1.807, 2.05) is 12.1 Å². The largest absolute Gasteiger partial charge is 0.484 e. The van der Waals surface area contributed by atoms with Crippen molar-refractivity contribution in [2.24, 2.45) is 0 Å².